The fourth-order valence-electron chi connectivity index (χ4n) is 0.848. The Morgan fingerprint density at radius 2 is 2.08 bits per heavy atom. The molecule has 3 heteroatoms. The molecule has 0 saturated carbocycles. The SMILES string of the molecule is CCC(C)C(=O)COCCCOC. The summed E-state index contributed by atoms with van der Waals surface area (Å²) in [4.78, 5) is 11.3. The molecule has 0 fully saturated rings. The lowest BCUT2D eigenvalue weighted by Gasteiger charge is -2.07. The number of hydrogen-bond donors (Lipinski definition) is 0. The molecule has 0 aliphatic rings. The van der Waals surface area contributed by atoms with Gasteiger partial charge in [-0.3, -0.25) is 4.79 Å². The van der Waals surface area contributed by atoms with Gasteiger partial charge in [-0.05, 0) is 12.8 Å². The fraction of sp³-hybridized carbons (Fsp3) is 0.900. The Kier molecular flexibility index (Phi) is 7.94. The van der Waals surface area contributed by atoms with E-state index in [1.54, 1.807) is 7.11 Å². The molecule has 0 heterocycles. The van der Waals surface area contributed by atoms with Gasteiger partial charge in [-0.1, -0.05) is 13.8 Å². The average molecular weight is 188 g/mol. The van der Waals surface area contributed by atoms with Crippen LogP contribution in [0.1, 0.15) is 26.7 Å². The number of ether oxygens (including phenoxy) is 2. The maximum Gasteiger partial charge on any atom is 0.161 e. The van der Waals surface area contributed by atoms with Gasteiger partial charge in [-0.15, -0.1) is 0 Å². The summed E-state index contributed by atoms with van der Waals surface area (Å²) in [6.45, 7) is 5.49. The monoisotopic (exact) mass is 188 g/mol. The van der Waals surface area contributed by atoms with E-state index in [0.717, 1.165) is 12.8 Å². The highest BCUT2D eigenvalue weighted by atomic mass is 16.5. The van der Waals surface area contributed by atoms with Crippen LogP contribution >= 0.6 is 0 Å². The first-order valence-corrected chi connectivity index (χ1v) is 4.81. The van der Waals surface area contributed by atoms with Gasteiger partial charge >= 0.3 is 0 Å². The summed E-state index contributed by atoms with van der Waals surface area (Å²) in [5.74, 6) is 0.322. The van der Waals surface area contributed by atoms with Crippen LogP contribution in [-0.4, -0.2) is 32.7 Å². The van der Waals surface area contributed by atoms with Crippen LogP contribution in [-0.2, 0) is 14.3 Å². The van der Waals surface area contributed by atoms with Gasteiger partial charge in [0.15, 0.2) is 5.78 Å². The summed E-state index contributed by atoms with van der Waals surface area (Å²) >= 11 is 0. The largest absolute Gasteiger partial charge is 0.385 e. The molecule has 0 radical (unpaired) electrons. The zero-order valence-electron chi connectivity index (χ0n) is 8.84. The Balaban J connectivity index is 3.27. The van der Waals surface area contributed by atoms with Gasteiger partial charge in [0.1, 0.15) is 6.61 Å². The molecule has 0 spiro atoms. The smallest absolute Gasteiger partial charge is 0.161 e. The minimum Gasteiger partial charge on any atom is -0.385 e. The van der Waals surface area contributed by atoms with Crippen LogP contribution in [0.2, 0.25) is 0 Å². The summed E-state index contributed by atoms with van der Waals surface area (Å²) in [6, 6.07) is 0. The van der Waals surface area contributed by atoms with Crippen LogP contribution in [0.4, 0.5) is 0 Å². The van der Waals surface area contributed by atoms with E-state index in [0.29, 0.717) is 13.2 Å². The molecule has 78 valence electrons. The van der Waals surface area contributed by atoms with Gasteiger partial charge < -0.3 is 9.47 Å². The van der Waals surface area contributed by atoms with E-state index in [-0.39, 0.29) is 18.3 Å². The molecule has 0 aromatic heterocycles. The molecular weight excluding hydrogens is 168 g/mol. The highest BCUT2D eigenvalue weighted by molar-refractivity contribution is 5.81. The van der Waals surface area contributed by atoms with Crippen molar-refractivity contribution in [3.05, 3.63) is 0 Å². The number of carbonyl (C=O) groups is 1. The Morgan fingerprint density at radius 3 is 2.62 bits per heavy atom. The van der Waals surface area contributed by atoms with Crippen molar-refractivity contribution in [3.63, 3.8) is 0 Å². The van der Waals surface area contributed by atoms with Crippen molar-refractivity contribution in [2.75, 3.05) is 26.9 Å². The minimum absolute atomic E-state index is 0.127. The van der Waals surface area contributed by atoms with E-state index in [1.807, 2.05) is 13.8 Å². The molecule has 0 bridgehead atoms. The molecule has 0 rings (SSSR count). The van der Waals surface area contributed by atoms with Gasteiger partial charge in [-0.25, -0.2) is 0 Å². The van der Waals surface area contributed by atoms with E-state index >= 15 is 0 Å². The third-order valence-corrected chi connectivity index (χ3v) is 2.04. The molecular formula is C10H20O3. The predicted molar refractivity (Wildman–Crippen MR) is 51.8 cm³/mol. The van der Waals surface area contributed by atoms with Crippen molar-refractivity contribution in [2.24, 2.45) is 5.92 Å². The van der Waals surface area contributed by atoms with Crippen LogP contribution in [0.5, 0.6) is 0 Å². The van der Waals surface area contributed by atoms with Crippen molar-refractivity contribution < 1.29 is 14.3 Å². The van der Waals surface area contributed by atoms with Crippen molar-refractivity contribution in [3.8, 4) is 0 Å². The second-order valence-electron chi connectivity index (χ2n) is 3.17. The van der Waals surface area contributed by atoms with Crippen molar-refractivity contribution in [1.29, 1.82) is 0 Å². The molecule has 0 aliphatic heterocycles. The summed E-state index contributed by atoms with van der Waals surface area (Å²) in [5.41, 5.74) is 0. The molecule has 3 nitrogen and oxygen atoms in total. The van der Waals surface area contributed by atoms with Crippen LogP contribution in [0, 0.1) is 5.92 Å². The number of carbonyl (C=O) groups excluding carboxylic acids is 1. The Morgan fingerprint density at radius 1 is 1.38 bits per heavy atom. The molecule has 1 unspecified atom stereocenters. The van der Waals surface area contributed by atoms with E-state index in [2.05, 4.69) is 0 Å². The summed E-state index contributed by atoms with van der Waals surface area (Å²) in [5, 5.41) is 0. The first-order valence-electron chi connectivity index (χ1n) is 4.81. The molecule has 0 aliphatic carbocycles. The lowest BCUT2D eigenvalue weighted by molar-refractivity contribution is -0.127. The molecule has 0 saturated heterocycles. The fourth-order valence-corrected chi connectivity index (χ4v) is 0.848. The van der Waals surface area contributed by atoms with E-state index < -0.39 is 0 Å². The van der Waals surface area contributed by atoms with E-state index in [4.69, 9.17) is 9.47 Å². The quantitative estimate of drug-likeness (QED) is 0.543. The summed E-state index contributed by atoms with van der Waals surface area (Å²) in [6.07, 6.45) is 1.74. The molecule has 0 amide bonds. The van der Waals surface area contributed by atoms with Crippen molar-refractivity contribution in [1.82, 2.24) is 0 Å². The molecule has 13 heavy (non-hydrogen) atoms. The molecule has 1 atom stereocenters. The molecule has 0 aromatic carbocycles. The molecule has 0 aromatic rings. The average Bonchev–Trinajstić information content (AvgIpc) is 2.16. The third-order valence-electron chi connectivity index (χ3n) is 2.04. The van der Waals surface area contributed by atoms with Gasteiger partial charge in [0.25, 0.3) is 0 Å². The summed E-state index contributed by atoms with van der Waals surface area (Å²) < 4.78 is 10.0. The Hall–Kier alpha value is -0.410. The highest BCUT2D eigenvalue weighted by Gasteiger charge is 2.09. The predicted octanol–water partition coefficient (Wildman–Crippen LogP) is 1.65. The lowest BCUT2D eigenvalue weighted by Crippen LogP contribution is -2.17. The number of methoxy groups -OCH3 is 1. The topological polar surface area (TPSA) is 35.5 Å². The van der Waals surface area contributed by atoms with Gasteiger partial charge in [0.2, 0.25) is 0 Å². The highest BCUT2D eigenvalue weighted by Crippen LogP contribution is 2.02. The van der Waals surface area contributed by atoms with Crippen LogP contribution < -0.4 is 0 Å². The standard InChI is InChI=1S/C10H20O3/c1-4-9(2)10(11)8-13-7-5-6-12-3/h9H,4-8H2,1-3H3. The van der Waals surface area contributed by atoms with Crippen molar-refractivity contribution in [2.45, 2.75) is 26.7 Å². The number of Topliss-reactive ketones (excluding diaryl/α,β-unsaturated/α-hetero) is 1. The Labute approximate surface area is 80.4 Å². The Bertz CT molecular complexity index is 134. The maximum atomic E-state index is 11.3. The minimum atomic E-state index is 0.127. The zero-order chi connectivity index (χ0) is 10.1. The molecule has 0 N–H and O–H groups in total. The van der Waals surface area contributed by atoms with Gasteiger partial charge in [-0.2, -0.15) is 0 Å². The van der Waals surface area contributed by atoms with E-state index in [1.165, 1.54) is 0 Å². The first kappa shape index (κ1) is 12.6. The number of hydrogen-bond acceptors (Lipinski definition) is 3. The van der Waals surface area contributed by atoms with Crippen LogP contribution in [0.15, 0.2) is 0 Å². The second kappa shape index (κ2) is 8.20. The van der Waals surface area contributed by atoms with Crippen LogP contribution in [0.25, 0.3) is 0 Å². The first-order chi connectivity index (χ1) is 6.22. The van der Waals surface area contributed by atoms with Gasteiger partial charge in [0.05, 0.1) is 0 Å². The second-order valence-corrected chi connectivity index (χ2v) is 3.17. The summed E-state index contributed by atoms with van der Waals surface area (Å²) in [7, 11) is 1.66. The van der Waals surface area contributed by atoms with Crippen LogP contribution in [0.3, 0.4) is 0 Å². The normalized spacial score (nSPS) is 12.8. The number of rotatable bonds is 8. The third kappa shape index (κ3) is 6.72. The number of ketones is 1. The zero-order valence-corrected chi connectivity index (χ0v) is 8.84. The van der Waals surface area contributed by atoms with E-state index in [9.17, 15) is 4.79 Å². The van der Waals surface area contributed by atoms with Crippen molar-refractivity contribution >= 4 is 5.78 Å². The van der Waals surface area contributed by atoms with Gasteiger partial charge in [0, 0.05) is 26.2 Å². The lowest BCUT2D eigenvalue weighted by atomic mass is 10.1. The maximum absolute atomic E-state index is 11.3.